The number of likely N-dealkylation sites (tertiary alicyclic amines) is 1. The van der Waals surface area contributed by atoms with Gasteiger partial charge in [-0.3, -0.25) is 4.79 Å². The first-order chi connectivity index (χ1) is 17.8. The molecule has 0 spiro atoms. The van der Waals surface area contributed by atoms with Crippen molar-refractivity contribution in [2.45, 2.75) is 45.2 Å². The molecule has 3 rings (SSSR count). The van der Waals surface area contributed by atoms with Crippen LogP contribution in [0.15, 0.2) is 42.5 Å². The van der Waals surface area contributed by atoms with Crippen LogP contribution >= 0.6 is 11.8 Å². The van der Waals surface area contributed by atoms with Crippen molar-refractivity contribution >= 4 is 48.6 Å². The predicted molar refractivity (Wildman–Crippen MR) is 154 cm³/mol. The first kappa shape index (κ1) is 31.8. The second-order valence-corrected chi connectivity index (χ2v) is 10.3. The predicted octanol–water partition coefficient (Wildman–Crippen LogP) is 3.82. The molecule has 1 aliphatic rings. The maximum atomic E-state index is 13.3. The molecule has 10 heteroatoms. The van der Waals surface area contributed by atoms with E-state index in [4.69, 9.17) is 10.5 Å². The van der Waals surface area contributed by atoms with Crippen LogP contribution in [0.2, 0.25) is 0 Å². The summed E-state index contributed by atoms with van der Waals surface area (Å²) in [6.45, 7) is 5.31. The molecule has 0 radical (unpaired) electrons. The number of nitrogens with one attached hydrogen (secondary N) is 1. The van der Waals surface area contributed by atoms with Gasteiger partial charge in [0.1, 0.15) is 6.04 Å². The maximum absolute atomic E-state index is 13.3. The van der Waals surface area contributed by atoms with E-state index in [2.05, 4.69) is 5.32 Å². The van der Waals surface area contributed by atoms with E-state index in [1.165, 1.54) is 11.8 Å². The molecule has 1 fully saturated rings. The van der Waals surface area contributed by atoms with Gasteiger partial charge in [0.05, 0.1) is 6.61 Å². The average Bonchev–Trinajstić information content (AvgIpc) is 2.90. The Labute approximate surface area is 241 Å². The minimum atomic E-state index is -1.05. The van der Waals surface area contributed by atoms with E-state index in [1.807, 2.05) is 49.6 Å². The van der Waals surface area contributed by atoms with Gasteiger partial charge in [-0.15, -0.1) is 0 Å². The van der Waals surface area contributed by atoms with Crippen molar-refractivity contribution < 1.29 is 24.2 Å². The van der Waals surface area contributed by atoms with Gasteiger partial charge in [0, 0.05) is 24.7 Å². The SMILES string of the molecule is CCOC(=O)N1CCC(C(N)c2ccc(C(=O)NC(CCSC)C(=O)O)c(-c3ccccc3C)c2)CC1.[LiH]. The van der Waals surface area contributed by atoms with Gasteiger partial charge in [-0.2, -0.15) is 11.8 Å². The summed E-state index contributed by atoms with van der Waals surface area (Å²) in [5.74, 6) is -0.662. The molecule has 2 aromatic carbocycles. The number of hydrogen-bond acceptors (Lipinski definition) is 6. The number of carbonyl (C=O) groups excluding carboxylic acids is 2. The molecule has 4 N–H and O–H groups in total. The van der Waals surface area contributed by atoms with E-state index in [1.54, 1.807) is 17.9 Å². The van der Waals surface area contributed by atoms with Crippen LogP contribution in [0.25, 0.3) is 11.1 Å². The molecule has 38 heavy (non-hydrogen) atoms. The number of carboxylic acids is 1. The number of carbonyl (C=O) groups is 3. The van der Waals surface area contributed by atoms with Crippen molar-refractivity contribution in [3.05, 3.63) is 59.2 Å². The van der Waals surface area contributed by atoms with Crippen molar-refractivity contribution in [3.63, 3.8) is 0 Å². The number of hydrogen-bond donors (Lipinski definition) is 3. The Morgan fingerprint density at radius 1 is 1.16 bits per heavy atom. The van der Waals surface area contributed by atoms with Crippen molar-refractivity contribution in [2.24, 2.45) is 11.7 Å². The van der Waals surface area contributed by atoms with E-state index in [0.717, 1.165) is 35.1 Å². The molecular weight excluding hydrogens is 497 g/mol. The van der Waals surface area contributed by atoms with Crippen LogP contribution in [0, 0.1) is 12.8 Å². The van der Waals surface area contributed by atoms with Crippen molar-refractivity contribution in [2.75, 3.05) is 31.7 Å². The Hall–Kier alpha value is -2.44. The summed E-state index contributed by atoms with van der Waals surface area (Å²) in [6.07, 6.45) is 3.48. The zero-order valence-electron chi connectivity index (χ0n) is 21.7. The topological polar surface area (TPSA) is 122 Å². The molecule has 0 bridgehead atoms. The standard InChI is InChI=1S/C28H37N3O5S.Li.H/c1-4-36-28(35)31-14-11-19(12-15-31)25(29)20-9-10-22(23(17-20)21-8-6-5-7-18(21)2)26(32)30-24(27(33)34)13-16-37-3;;/h5-10,17,19,24-25H,4,11-16,29H2,1-3H3,(H,30,32)(H,33,34);;. The molecule has 1 saturated heterocycles. The van der Waals surface area contributed by atoms with Gasteiger partial charge < -0.3 is 25.8 Å². The number of amides is 2. The Kier molecular flexibility index (Phi) is 12.7. The van der Waals surface area contributed by atoms with E-state index in [9.17, 15) is 19.5 Å². The quantitative estimate of drug-likeness (QED) is 0.396. The molecule has 0 saturated carbocycles. The van der Waals surface area contributed by atoms with Gasteiger partial charge in [0.2, 0.25) is 0 Å². The molecule has 2 unspecified atom stereocenters. The summed E-state index contributed by atoms with van der Waals surface area (Å²) < 4.78 is 5.12. The number of carboxylic acid groups (broad SMARTS) is 1. The second-order valence-electron chi connectivity index (χ2n) is 9.31. The third-order valence-corrected chi connectivity index (χ3v) is 7.54. The molecule has 8 nitrogen and oxygen atoms in total. The molecule has 0 aliphatic carbocycles. The second kappa shape index (κ2) is 15.2. The number of benzene rings is 2. The molecule has 1 heterocycles. The molecule has 202 valence electrons. The summed E-state index contributed by atoms with van der Waals surface area (Å²) in [5.41, 5.74) is 10.7. The normalized spacial score (nSPS) is 15.2. The summed E-state index contributed by atoms with van der Waals surface area (Å²) in [6, 6.07) is 12.1. The van der Waals surface area contributed by atoms with Crippen LogP contribution in [-0.2, 0) is 9.53 Å². The summed E-state index contributed by atoms with van der Waals surface area (Å²) >= 11 is 1.54. The van der Waals surface area contributed by atoms with Crippen LogP contribution in [0.5, 0.6) is 0 Å². The third-order valence-electron chi connectivity index (χ3n) is 6.90. The summed E-state index contributed by atoms with van der Waals surface area (Å²) in [5, 5.41) is 12.3. The number of thioether (sulfide) groups is 1. The van der Waals surface area contributed by atoms with Crippen molar-refractivity contribution in [1.29, 1.82) is 0 Å². The van der Waals surface area contributed by atoms with E-state index < -0.39 is 17.9 Å². The van der Waals surface area contributed by atoms with E-state index in [-0.39, 0.29) is 36.9 Å². The Morgan fingerprint density at radius 3 is 2.45 bits per heavy atom. The van der Waals surface area contributed by atoms with Crippen LogP contribution in [0.1, 0.15) is 53.7 Å². The average molecular weight is 536 g/mol. The van der Waals surface area contributed by atoms with Gasteiger partial charge in [0.15, 0.2) is 0 Å². The molecular formula is C28H38LiN3O5S. The molecule has 2 aromatic rings. The fourth-order valence-corrected chi connectivity index (χ4v) is 5.19. The zero-order chi connectivity index (χ0) is 26.9. The Morgan fingerprint density at radius 2 is 1.84 bits per heavy atom. The number of aliphatic carboxylic acids is 1. The van der Waals surface area contributed by atoms with E-state index >= 15 is 0 Å². The molecule has 1 aliphatic heterocycles. The Bertz CT molecular complexity index is 1110. The number of piperidine rings is 1. The number of nitrogens with two attached hydrogens (primary N) is 1. The number of rotatable bonds is 10. The minimum absolute atomic E-state index is 0. The summed E-state index contributed by atoms with van der Waals surface area (Å²) in [4.78, 5) is 38.8. The summed E-state index contributed by atoms with van der Waals surface area (Å²) in [7, 11) is 0. The number of ether oxygens (including phenoxy) is 1. The number of nitrogens with zero attached hydrogens (tertiary/aromatic N) is 1. The van der Waals surface area contributed by atoms with Crippen LogP contribution in [0.4, 0.5) is 4.79 Å². The van der Waals surface area contributed by atoms with Gasteiger partial charge in [-0.1, -0.05) is 30.3 Å². The third kappa shape index (κ3) is 8.03. The Balaban J connectivity index is 0.00000507. The van der Waals surface area contributed by atoms with Crippen LogP contribution < -0.4 is 11.1 Å². The fourth-order valence-electron chi connectivity index (χ4n) is 4.72. The molecule has 0 aromatic heterocycles. The fraction of sp³-hybridized carbons (Fsp3) is 0.464. The van der Waals surface area contributed by atoms with E-state index in [0.29, 0.717) is 37.4 Å². The zero-order valence-corrected chi connectivity index (χ0v) is 22.6. The first-order valence-electron chi connectivity index (χ1n) is 12.7. The van der Waals surface area contributed by atoms with Gasteiger partial charge in [-0.05, 0) is 85.4 Å². The van der Waals surface area contributed by atoms with Gasteiger partial charge >= 0.3 is 30.9 Å². The van der Waals surface area contributed by atoms with Gasteiger partial charge in [-0.25, -0.2) is 9.59 Å². The number of aryl methyl sites for hydroxylation is 1. The molecule has 2 amide bonds. The van der Waals surface area contributed by atoms with Crippen molar-refractivity contribution in [3.8, 4) is 11.1 Å². The van der Waals surface area contributed by atoms with Crippen molar-refractivity contribution in [1.82, 2.24) is 10.2 Å². The molecule has 2 atom stereocenters. The monoisotopic (exact) mass is 535 g/mol. The first-order valence-corrected chi connectivity index (χ1v) is 14.1. The van der Waals surface area contributed by atoms with Gasteiger partial charge in [0.25, 0.3) is 5.91 Å². The van der Waals surface area contributed by atoms with Crippen LogP contribution in [0.3, 0.4) is 0 Å². The van der Waals surface area contributed by atoms with Crippen LogP contribution in [-0.4, -0.2) is 84.6 Å².